The smallest absolute Gasteiger partial charge is 0.323 e. The summed E-state index contributed by atoms with van der Waals surface area (Å²) in [5, 5.41) is 0. The Bertz CT molecular complexity index is 510. The molecule has 1 atom stereocenters. The van der Waals surface area contributed by atoms with Crippen molar-refractivity contribution in [2.24, 2.45) is 0 Å². The molecule has 0 radical (unpaired) electrons. The van der Waals surface area contributed by atoms with Crippen molar-refractivity contribution in [3.05, 3.63) is 12.2 Å². The average Bonchev–Trinajstić information content (AvgIpc) is 2.77. The molecule has 0 unspecified atom stereocenters. The predicted molar refractivity (Wildman–Crippen MR) is 123 cm³/mol. The highest BCUT2D eigenvalue weighted by Crippen LogP contribution is 2.14. The molecule has 0 fully saturated rings. The van der Waals surface area contributed by atoms with E-state index in [0.29, 0.717) is 6.42 Å². The summed E-state index contributed by atoms with van der Waals surface area (Å²) in [6, 6.07) is 0. The van der Waals surface area contributed by atoms with E-state index in [2.05, 4.69) is 23.8 Å². The molecule has 31 heavy (non-hydrogen) atoms. The van der Waals surface area contributed by atoms with Crippen molar-refractivity contribution in [1.82, 2.24) is 0 Å². The number of carbonyl (C=O) groups is 3. The third-order valence-corrected chi connectivity index (χ3v) is 5.09. The van der Waals surface area contributed by atoms with Crippen molar-refractivity contribution in [2.45, 2.75) is 96.5 Å². The molecule has 0 amide bonds. The normalized spacial score (nSPS) is 12.0. The fraction of sp³-hybridized carbons (Fsp3) is 0.783. The molecule has 0 heterocycles. The standard InChI is InChI=1S/C23H38Cl2O6/c1-2-3-4-11-14-20(31-23(28)18-25)15-12-9-7-5-6-8-10-13-16-21(26)29-19-30-22(27)17-24/h9,12,20H,2-8,10-11,13-19H2,1H3/t20-/m1/s1. The van der Waals surface area contributed by atoms with Crippen LogP contribution >= 0.6 is 23.2 Å². The van der Waals surface area contributed by atoms with Gasteiger partial charge in [0, 0.05) is 12.8 Å². The number of hydrogen-bond donors (Lipinski definition) is 0. The van der Waals surface area contributed by atoms with Crippen LogP contribution in [0.3, 0.4) is 0 Å². The second kappa shape index (κ2) is 21.9. The Hall–Kier alpha value is -1.27. The van der Waals surface area contributed by atoms with Crippen molar-refractivity contribution in [3.8, 4) is 0 Å². The van der Waals surface area contributed by atoms with Crippen LogP contribution < -0.4 is 0 Å². The molecule has 6 nitrogen and oxygen atoms in total. The van der Waals surface area contributed by atoms with Crippen LogP contribution in [0.25, 0.3) is 0 Å². The van der Waals surface area contributed by atoms with Crippen LogP contribution in [0.15, 0.2) is 12.2 Å². The molecular weight excluding hydrogens is 443 g/mol. The van der Waals surface area contributed by atoms with Crippen molar-refractivity contribution in [2.75, 3.05) is 18.6 Å². The van der Waals surface area contributed by atoms with E-state index >= 15 is 0 Å². The third kappa shape index (κ3) is 20.4. The SMILES string of the molecule is CCCCCC[C@H](CC=CCCCCCCCC(=O)OCOC(=O)CCl)OC(=O)CCl. The number of ether oxygens (including phenoxy) is 3. The van der Waals surface area contributed by atoms with Gasteiger partial charge in [-0.15, -0.1) is 23.2 Å². The van der Waals surface area contributed by atoms with Gasteiger partial charge in [0.25, 0.3) is 0 Å². The molecule has 0 bridgehead atoms. The van der Waals surface area contributed by atoms with Gasteiger partial charge in [0.2, 0.25) is 6.79 Å². The van der Waals surface area contributed by atoms with E-state index in [1.165, 1.54) is 12.8 Å². The summed E-state index contributed by atoms with van der Waals surface area (Å²) in [5.74, 6) is -1.69. The Labute approximate surface area is 197 Å². The lowest BCUT2D eigenvalue weighted by Crippen LogP contribution is -2.18. The zero-order valence-electron chi connectivity index (χ0n) is 18.8. The van der Waals surface area contributed by atoms with Crippen LogP contribution in [0.2, 0.25) is 0 Å². The lowest BCUT2D eigenvalue weighted by molar-refractivity contribution is -0.165. The van der Waals surface area contributed by atoms with Crippen LogP contribution in [-0.4, -0.2) is 42.6 Å². The highest BCUT2D eigenvalue weighted by molar-refractivity contribution is 6.26. The quantitative estimate of drug-likeness (QED) is 0.0691. The maximum Gasteiger partial charge on any atom is 0.323 e. The Kier molecular flexibility index (Phi) is 21.0. The molecule has 0 N–H and O–H groups in total. The lowest BCUT2D eigenvalue weighted by Gasteiger charge is -2.15. The molecule has 180 valence electrons. The largest absolute Gasteiger partial charge is 0.461 e. The predicted octanol–water partition coefficient (Wildman–Crippen LogP) is 6.07. The summed E-state index contributed by atoms with van der Waals surface area (Å²) in [7, 11) is 0. The van der Waals surface area contributed by atoms with Crippen LogP contribution in [0.1, 0.15) is 90.4 Å². The first-order valence-corrected chi connectivity index (χ1v) is 12.4. The van der Waals surface area contributed by atoms with Gasteiger partial charge in [-0.25, -0.2) is 0 Å². The zero-order valence-corrected chi connectivity index (χ0v) is 20.3. The highest BCUT2D eigenvalue weighted by atomic mass is 35.5. The molecular formula is C23H38Cl2O6. The van der Waals surface area contributed by atoms with Crippen LogP contribution in [0.4, 0.5) is 0 Å². The number of allylic oxidation sites excluding steroid dienone is 1. The second-order valence-electron chi connectivity index (χ2n) is 7.39. The number of carbonyl (C=O) groups excluding carboxylic acids is 3. The minimum atomic E-state index is -0.609. The van der Waals surface area contributed by atoms with Crippen molar-refractivity contribution in [3.63, 3.8) is 0 Å². The number of halogens is 2. The van der Waals surface area contributed by atoms with Crippen molar-refractivity contribution < 1.29 is 28.6 Å². The summed E-state index contributed by atoms with van der Waals surface area (Å²) in [6.45, 7) is 1.80. The van der Waals surface area contributed by atoms with E-state index in [1.54, 1.807) is 0 Å². The number of alkyl halides is 2. The first-order valence-electron chi connectivity index (χ1n) is 11.3. The van der Waals surface area contributed by atoms with E-state index in [-0.39, 0.29) is 36.6 Å². The first kappa shape index (κ1) is 29.7. The molecule has 0 aromatic rings. The zero-order chi connectivity index (χ0) is 23.2. The monoisotopic (exact) mass is 480 g/mol. The second-order valence-corrected chi connectivity index (χ2v) is 7.93. The van der Waals surface area contributed by atoms with Gasteiger partial charge in [-0.1, -0.05) is 57.6 Å². The molecule has 0 aromatic carbocycles. The molecule has 0 aliphatic carbocycles. The molecule has 8 heteroatoms. The Morgan fingerprint density at radius 1 is 0.774 bits per heavy atom. The summed E-state index contributed by atoms with van der Waals surface area (Å²) < 4.78 is 14.8. The number of esters is 3. The molecule has 0 aromatic heterocycles. The van der Waals surface area contributed by atoms with E-state index in [0.717, 1.165) is 64.2 Å². The molecule has 0 saturated carbocycles. The number of unbranched alkanes of at least 4 members (excludes halogenated alkanes) is 8. The summed E-state index contributed by atoms with van der Waals surface area (Å²) >= 11 is 10.8. The minimum Gasteiger partial charge on any atom is -0.461 e. The summed E-state index contributed by atoms with van der Waals surface area (Å²) in [4.78, 5) is 33.7. The molecule has 0 saturated heterocycles. The van der Waals surface area contributed by atoms with Gasteiger partial charge in [-0.3, -0.25) is 14.4 Å². The Morgan fingerprint density at radius 2 is 1.42 bits per heavy atom. The maximum absolute atomic E-state index is 11.5. The van der Waals surface area contributed by atoms with Gasteiger partial charge in [-0.05, 0) is 32.1 Å². The summed E-state index contributed by atoms with van der Waals surface area (Å²) in [5.41, 5.74) is 0. The van der Waals surface area contributed by atoms with Gasteiger partial charge in [0.15, 0.2) is 0 Å². The van der Waals surface area contributed by atoms with Gasteiger partial charge in [0.05, 0.1) is 0 Å². The fourth-order valence-electron chi connectivity index (χ4n) is 2.94. The van der Waals surface area contributed by atoms with E-state index in [4.69, 9.17) is 32.7 Å². The van der Waals surface area contributed by atoms with E-state index in [1.807, 2.05) is 0 Å². The lowest BCUT2D eigenvalue weighted by atomic mass is 10.1. The van der Waals surface area contributed by atoms with Crippen molar-refractivity contribution in [1.29, 1.82) is 0 Å². The third-order valence-electron chi connectivity index (χ3n) is 4.65. The minimum absolute atomic E-state index is 0.0856. The van der Waals surface area contributed by atoms with Crippen LogP contribution in [-0.2, 0) is 28.6 Å². The Balaban J connectivity index is 3.74. The summed E-state index contributed by atoms with van der Waals surface area (Å²) in [6.07, 6.45) is 16.6. The van der Waals surface area contributed by atoms with E-state index < -0.39 is 5.97 Å². The molecule has 0 rings (SSSR count). The number of hydrogen-bond acceptors (Lipinski definition) is 6. The first-order chi connectivity index (χ1) is 15.0. The Morgan fingerprint density at radius 3 is 2.13 bits per heavy atom. The van der Waals surface area contributed by atoms with Gasteiger partial charge < -0.3 is 14.2 Å². The van der Waals surface area contributed by atoms with Crippen LogP contribution in [0.5, 0.6) is 0 Å². The fourth-order valence-corrected chi connectivity index (χ4v) is 3.08. The van der Waals surface area contributed by atoms with Gasteiger partial charge in [-0.2, -0.15) is 0 Å². The molecule has 0 aliphatic heterocycles. The van der Waals surface area contributed by atoms with Crippen LogP contribution in [0, 0.1) is 0 Å². The molecule has 0 spiro atoms. The van der Waals surface area contributed by atoms with Gasteiger partial charge >= 0.3 is 17.9 Å². The maximum atomic E-state index is 11.5. The molecule has 0 aliphatic rings. The topological polar surface area (TPSA) is 78.9 Å². The average molecular weight is 481 g/mol. The number of rotatable bonds is 20. The van der Waals surface area contributed by atoms with Gasteiger partial charge in [0.1, 0.15) is 17.9 Å². The van der Waals surface area contributed by atoms with E-state index in [9.17, 15) is 14.4 Å². The highest BCUT2D eigenvalue weighted by Gasteiger charge is 2.12. The van der Waals surface area contributed by atoms with Crippen molar-refractivity contribution >= 4 is 41.1 Å².